The minimum Gasteiger partial charge on any atom is -0.508 e. The summed E-state index contributed by atoms with van der Waals surface area (Å²) in [5.41, 5.74) is 1.28. The Morgan fingerprint density at radius 2 is 1.97 bits per heavy atom. The summed E-state index contributed by atoms with van der Waals surface area (Å²) in [7, 11) is 0. The minimum absolute atomic E-state index is 0.0487. The van der Waals surface area contributed by atoms with Gasteiger partial charge in [-0.05, 0) is 84.8 Å². The van der Waals surface area contributed by atoms with E-state index < -0.39 is 24.3 Å². The van der Waals surface area contributed by atoms with Crippen molar-refractivity contribution in [2.75, 3.05) is 11.9 Å². The fourth-order valence-electron chi connectivity index (χ4n) is 2.96. The van der Waals surface area contributed by atoms with E-state index in [1.807, 2.05) is 6.07 Å². The number of phenols is 1. The number of carboxylic acids is 1. The fraction of sp³-hybridized carbons (Fsp3) is 0.261. The number of aliphatic carboxylic acids is 1. The first-order valence-electron chi connectivity index (χ1n) is 9.81. The number of nitrogens with one attached hydrogen (secondary N) is 1. The molecule has 0 fully saturated rings. The minimum atomic E-state index is -1.05. The maximum Gasteiger partial charge on any atom is 0.412 e. The number of carboxylic acid groups (broad SMARTS) is 1. The van der Waals surface area contributed by atoms with E-state index in [1.165, 1.54) is 12.1 Å². The van der Waals surface area contributed by atoms with Crippen LogP contribution >= 0.6 is 22.6 Å². The van der Waals surface area contributed by atoms with E-state index in [1.54, 1.807) is 43.3 Å². The van der Waals surface area contributed by atoms with Crippen molar-refractivity contribution in [2.45, 2.75) is 32.0 Å². The third-order valence-corrected chi connectivity index (χ3v) is 5.06. The van der Waals surface area contributed by atoms with Gasteiger partial charge >= 0.3 is 12.1 Å². The van der Waals surface area contributed by atoms with Crippen LogP contribution in [0.25, 0.3) is 0 Å². The molecule has 2 aromatic rings. The lowest BCUT2D eigenvalue weighted by Crippen LogP contribution is -2.29. The quantitative estimate of drug-likeness (QED) is 0.281. The molecule has 0 bridgehead atoms. The van der Waals surface area contributed by atoms with E-state index >= 15 is 0 Å². The van der Waals surface area contributed by atoms with Crippen molar-refractivity contribution in [3.8, 4) is 11.8 Å². The molecule has 0 heterocycles. The van der Waals surface area contributed by atoms with Gasteiger partial charge in [0.1, 0.15) is 5.75 Å². The second-order valence-electron chi connectivity index (χ2n) is 6.65. The van der Waals surface area contributed by atoms with Crippen LogP contribution in [0, 0.1) is 14.9 Å². The molecule has 0 unspecified atom stereocenters. The molecule has 32 heavy (non-hydrogen) atoms. The number of phenolic OH excluding ortho intramolecular Hbond substituents is 1. The summed E-state index contributed by atoms with van der Waals surface area (Å²) >= 11 is 2.09. The average molecular weight is 550 g/mol. The van der Waals surface area contributed by atoms with Crippen LogP contribution in [0.15, 0.2) is 54.6 Å². The highest BCUT2D eigenvalue weighted by Gasteiger charge is 2.30. The van der Waals surface area contributed by atoms with E-state index in [2.05, 4.69) is 27.9 Å². The van der Waals surface area contributed by atoms with E-state index in [0.29, 0.717) is 36.3 Å². The third kappa shape index (κ3) is 7.86. The molecule has 0 saturated carbocycles. The molecule has 0 aliphatic rings. The fourth-order valence-corrected chi connectivity index (χ4v) is 3.48. The number of nitriles is 1. The van der Waals surface area contributed by atoms with Crippen molar-refractivity contribution < 1.29 is 29.3 Å². The van der Waals surface area contributed by atoms with Crippen LogP contribution < -0.4 is 5.32 Å². The SMILES string of the molecule is CCO[C@H](CC/C=C/C(=O)O)[C@H](OC(=O)Nc1ccc(C#N)cc1)c1cc(I)ccc1O. The van der Waals surface area contributed by atoms with Gasteiger partial charge in [0.25, 0.3) is 0 Å². The lowest BCUT2D eigenvalue weighted by Gasteiger charge is -2.28. The second-order valence-corrected chi connectivity index (χ2v) is 7.90. The van der Waals surface area contributed by atoms with Gasteiger partial charge in [-0.15, -0.1) is 0 Å². The molecular weight excluding hydrogens is 527 g/mol. The van der Waals surface area contributed by atoms with Crippen molar-refractivity contribution in [1.29, 1.82) is 5.26 Å². The predicted molar refractivity (Wildman–Crippen MR) is 126 cm³/mol. The molecule has 0 aliphatic carbocycles. The normalized spacial score (nSPS) is 12.7. The molecular formula is C23H23IN2O6. The smallest absolute Gasteiger partial charge is 0.412 e. The van der Waals surface area contributed by atoms with Gasteiger partial charge in [-0.2, -0.15) is 5.26 Å². The lowest BCUT2D eigenvalue weighted by molar-refractivity contribution is -0.131. The predicted octanol–water partition coefficient (Wildman–Crippen LogP) is 4.98. The number of anilines is 1. The molecule has 3 N–H and O–H groups in total. The summed E-state index contributed by atoms with van der Waals surface area (Å²) in [6.45, 7) is 2.12. The zero-order valence-electron chi connectivity index (χ0n) is 17.3. The molecule has 2 rings (SSSR count). The van der Waals surface area contributed by atoms with Crippen LogP contribution in [0.4, 0.5) is 10.5 Å². The van der Waals surface area contributed by atoms with Crippen LogP contribution in [-0.2, 0) is 14.3 Å². The van der Waals surface area contributed by atoms with Crippen LogP contribution in [0.3, 0.4) is 0 Å². The van der Waals surface area contributed by atoms with Gasteiger partial charge in [0.05, 0.1) is 17.7 Å². The number of hydrogen-bond donors (Lipinski definition) is 3. The van der Waals surface area contributed by atoms with E-state index in [4.69, 9.17) is 19.8 Å². The number of carbonyl (C=O) groups is 2. The monoisotopic (exact) mass is 550 g/mol. The number of nitrogens with zero attached hydrogens (tertiary/aromatic N) is 1. The first kappa shape index (κ1) is 25.2. The van der Waals surface area contributed by atoms with Gasteiger partial charge in [0.15, 0.2) is 6.10 Å². The highest BCUT2D eigenvalue weighted by Crippen LogP contribution is 2.34. The molecule has 0 spiro atoms. The van der Waals surface area contributed by atoms with Crippen molar-refractivity contribution in [3.63, 3.8) is 0 Å². The summed E-state index contributed by atoms with van der Waals surface area (Å²) in [6, 6.07) is 13.2. The first-order valence-corrected chi connectivity index (χ1v) is 10.9. The summed E-state index contributed by atoms with van der Waals surface area (Å²) in [6.07, 6.45) is 0.936. The van der Waals surface area contributed by atoms with Crippen molar-refractivity contribution in [3.05, 3.63) is 69.3 Å². The molecule has 0 aromatic heterocycles. The molecule has 168 valence electrons. The Balaban J connectivity index is 2.27. The Morgan fingerprint density at radius 1 is 1.25 bits per heavy atom. The van der Waals surface area contributed by atoms with Gasteiger partial charge in [-0.3, -0.25) is 5.32 Å². The van der Waals surface area contributed by atoms with E-state index in [-0.39, 0.29) is 5.75 Å². The average Bonchev–Trinajstić information content (AvgIpc) is 2.76. The van der Waals surface area contributed by atoms with Crippen molar-refractivity contribution in [1.82, 2.24) is 0 Å². The summed E-state index contributed by atoms with van der Waals surface area (Å²) in [4.78, 5) is 23.4. The number of amides is 1. The number of ether oxygens (including phenoxy) is 2. The van der Waals surface area contributed by atoms with Crippen molar-refractivity contribution >= 4 is 40.3 Å². The number of rotatable bonds is 10. The first-order chi connectivity index (χ1) is 15.3. The van der Waals surface area contributed by atoms with Crippen LogP contribution in [0.5, 0.6) is 5.75 Å². The van der Waals surface area contributed by atoms with E-state index in [0.717, 1.165) is 9.65 Å². The summed E-state index contributed by atoms with van der Waals surface area (Å²) < 4.78 is 12.3. The van der Waals surface area contributed by atoms with Crippen LogP contribution in [0.1, 0.15) is 37.0 Å². The van der Waals surface area contributed by atoms with Gasteiger partial charge in [0, 0.05) is 27.5 Å². The number of hydrogen-bond acceptors (Lipinski definition) is 6. The van der Waals surface area contributed by atoms with Crippen LogP contribution in [-0.4, -0.2) is 35.0 Å². The second kappa shape index (κ2) is 12.7. The Morgan fingerprint density at radius 3 is 2.59 bits per heavy atom. The molecule has 8 nitrogen and oxygen atoms in total. The third-order valence-electron chi connectivity index (χ3n) is 4.39. The molecule has 0 aliphatic heterocycles. The number of aromatic hydroxyl groups is 1. The topological polar surface area (TPSA) is 129 Å². The standard InChI is InChI=1S/C23H23IN2O6/c1-2-31-20(5-3-4-6-21(28)29)22(18-13-16(24)9-12-19(18)27)32-23(30)26-17-10-7-15(14-25)8-11-17/h4,6-13,20,22,27H,2-3,5H2,1H3,(H,26,30)(H,28,29)/b6-4+/t20-,22-/m1/s1. The largest absolute Gasteiger partial charge is 0.508 e. The van der Waals surface area contributed by atoms with Crippen LogP contribution in [0.2, 0.25) is 0 Å². The molecule has 9 heteroatoms. The van der Waals surface area contributed by atoms with Gasteiger partial charge in [0.2, 0.25) is 0 Å². The number of allylic oxidation sites excluding steroid dienone is 1. The maximum absolute atomic E-state index is 12.6. The number of benzene rings is 2. The van der Waals surface area contributed by atoms with E-state index in [9.17, 15) is 14.7 Å². The Hall–Kier alpha value is -3.10. The zero-order chi connectivity index (χ0) is 23.5. The maximum atomic E-state index is 12.6. The van der Waals surface area contributed by atoms with Gasteiger partial charge in [-0.25, -0.2) is 9.59 Å². The lowest BCUT2D eigenvalue weighted by atomic mass is 9.99. The molecule has 0 radical (unpaired) electrons. The number of carbonyl (C=O) groups excluding carboxylic acids is 1. The Labute approximate surface area is 199 Å². The highest BCUT2D eigenvalue weighted by atomic mass is 127. The molecule has 0 saturated heterocycles. The summed E-state index contributed by atoms with van der Waals surface area (Å²) in [5, 5.41) is 30.7. The Kier molecular flexibility index (Phi) is 9.97. The van der Waals surface area contributed by atoms with Crippen molar-refractivity contribution in [2.24, 2.45) is 0 Å². The molecule has 1 amide bonds. The zero-order valence-corrected chi connectivity index (χ0v) is 19.5. The van der Waals surface area contributed by atoms with Gasteiger partial charge in [-0.1, -0.05) is 6.08 Å². The highest BCUT2D eigenvalue weighted by molar-refractivity contribution is 14.1. The Bertz CT molecular complexity index is 1000. The number of halogens is 1. The van der Waals surface area contributed by atoms with Gasteiger partial charge < -0.3 is 19.7 Å². The molecule has 2 aromatic carbocycles. The molecule has 2 atom stereocenters. The summed E-state index contributed by atoms with van der Waals surface area (Å²) in [5.74, 6) is -1.10.